The Morgan fingerprint density at radius 1 is 1.05 bits per heavy atom. The Balaban J connectivity index is 2.31. The lowest BCUT2D eigenvalue weighted by atomic mass is 10.1. The first-order valence-electron chi connectivity index (χ1n) is 5.63. The number of benzene rings is 2. The van der Waals surface area contributed by atoms with Gasteiger partial charge >= 0.3 is 0 Å². The lowest BCUT2D eigenvalue weighted by Crippen LogP contribution is -1.84. The molecule has 0 bridgehead atoms. The zero-order chi connectivity index (χ0) is 13.4. The van der Waals surface area contributed by atoms with Crippen LogP contribution >= 0.6 is 46.4 Å². The molecule has 0 unspecified atom stereocenters. The van der Waals surface area contributed by atoms with E-state index in [1.807, 2.05) is 48.5 Å². The number of fused-ring (bicyclic) bond motifs is 1. The summed E-state index contributed by atoms with van der Waals surface area (Å²) in [6, 6.07) is 15.4. The third kappa shape index (κ3) is 2.55. The lowest BCUT2D eigenvalue weighted by molar-refractivity contribution is 0.619. The van der Waals surface area contributed by atoms with Crippen molar-refractivity contribution in [1.29, 1.82) is 0 Å². The molecule has 0 radical (unpaired) electrons. The smallest absolute Gasteiger partial charge is 0.137 e. The van der Waals surface area contributed by atoms with E-state index in [0.717, 1.165) is 30.4 Å². The van der Waals surface area contributed by atoms with Crippen molar-refractivity contribution in [2.24, 2.45) is 0 Å². The summed E-state index contributed by atoms with van der Waals surface area (Å²) in [7, 11) is 0. The Labute approximate surface area is 134 Å². The van der Waals surface area contributed by atoms with E-state index < -0.39 is 0 Å². The number of rotatable bonds is 1. The van der Waals surface area contributed by atoms with Gasteiger partial charge in [0.1, 0.15) is 11.3 Å². The average molecular weight is 399 g/mol. The van der Waals surface area contributed by atoms with Crippen LogP contribution in [0.3, 0.4) is 0 Å². The molecular weight excluding hydrogens is 391 g/mol. The molecule has 1 nitrogen and oxygen atoms in total. The summed E-state index contributed by atoms with van der Waals surface area (Å²) in [5.41, 5.74) is 1.80. The third-order valence-corrected chi connectivity index (χ3v) is 4.34. The van der Waals surface area contributed by atoms with Crippen molar-refractivity contribution in [2.45, 2.75) is 0 Å². The van der Waals surface area contributed by atoms with Crippen LogP contribution < -0.4 is 0 Å². The quantitative estimate of drug-likeness (QED) is 0.363. The molecule has 19 heavy (non-hydrogen) atoms. The summed E-state index contributed by atoms with van der Waals surface area (Å²) in [6.45, 7) is 0. The number of hydrogen-bond donors (Lipinski definition) is 0. The van der Waals surface area contributed by atoms with E-state index in [-0.39, 0.29) is 0 Å². The number of halogens is 2. The molecular formula is C15H8ClIOS. The molecule has 0 saturated carbocycles. The fourth-order valence-electron chi connectivity index (χ4n) is 1.92. The number of hydrogen-bond acceptors (Lipinski definition) is 2. The molecule has 1 heterocycles. The van der Waals surface area contributed by atoms with Gasteiger partial charge in [0.2, 0.25) is 0 Å². The van der Waals surface area contributed by atoms with Crippen LogP contribution in [0.5, 0.6) is 0 Å². The van der Waals surface area contributed by atoms with Crippen LogP contribution in [-0.2, 0) is 0 Å². The average Bonchev–Trinajstić information content (AvgIpc) is 2.40. The van der Waals surface area contributed by atoms with Crippen LogP contribution in [0.1, 0.15) is 0 Å². The topological polar surface area (TPSA) is 13.1 Å². The second-order valence-electron chi connectivity index (χ2n) is 4.10. The summed E-state index contributed by atoms with van der Waals surface area (Å²) in [5, 5.41) is 1.54. The third-order valence-electron chi connectivity index (χ3n) is 2.83. The maximum Gasteiger partial charge on any atom is 0.137 e. The summed E-state index contributed by atoms with van der Waals surface area (Å²) in [4.78, 5) is 0. The molecule has 0 saturated heterocycles. The minimum absolute atomic E-state index is 0.663. The second-order valence-corrected chi connectivity index (χ2v) is 6.13. The van der Waals surface area contributed by atoms with Gasteiger partial charge in [0.05, 0.1) is 4.51 Å². The van der Waals surface area contributed by atoms with Gasteiger partial charge in [0.25, 0.3) is 0 Å². The second kappa shape index (κ2) is 5.23. The molecule has 0 aliphatic heterocycles. The van der Waals surface area contributed by atoms with Gasteiger partial charge in [-0.25, -0.2) is 0 Å². The van der Waals surface area contributed by atoms with Gasteiger partial charge in [0, 0.05) is 25.6 Å². The summed E-state index contributed by atoms with van der Waals surface area (Å²) >= 11 is 13.7. The highest BCUT2D eigenvalue weighted by atomic mass is 127. The minimum Gasteiger partial charge on any atom is -0.456 e. The SMILES string of the molecule is S=c1cc(-c2ccccc2I)oc2ccc(Cl)cc12. The molecule has 2 aromatic carbocycles. The molecule has 0 spiro atoms. The highest BCUT2D eigenvalue weighted by molar-refractivity contribution is 14.1. The van der Waals surface area contributed by atoms with E-state index in [4.69, 9.17) is 28.2 Å². The van der Waals surface area contributed by atoms with Crippen molar-refractivity contribution < 1.29 is 4.42 Å². The first kappa shape index (κ1) is 13.1. The Morgan fingerprint density at radius 2 is 1.84 bits per heavy atom. The highest BCUT2D eigenvalue weighted by Gasteiger charge is 2.08. The maximum atomic E-state index is 5.98. The molecule has 3 rings (SSSR count). The van der Waals surface area contributed by atoms with E-state index in [9.17, 15) is 0 Å². The first-order chi connectivity index (χ1) is 9.15. The van der Waals surface area contributed by atoms with Crippen LogP contribution in [0.4, 0.5) is 0 Å². The fraction of sp³-hybridized carbons (Fsp3) is 0. The standard InChI is InChI=1S/C15H8ClIOS/c16-9-5-6-13-11(7-9)15(19)8-14(18-13)10-3-1-2-4-12(10)17/h1-8H. The zero-order valence-corrected chi connectivity index (χ0v) is 13.4. The van der Waals surface area contributed by atoms with Gasteiger partial charge in [0.15, 0.2) is 0 Å². The lowest BCUT2D eigenvalue weighted by Gasteiger charge is -2.06. The summed E-state index contributed by atoms with van der Waals surface area (Å²) in [5.74, 6) is 0.782. The monoisotopic (exact) mass is 398 g/mol. The fourth-order valence-corrected chi connectivity index (χ4v) is 3.01. The normalized spacial score (nSPS) is 10.8. The first-order valence-corrected chi connectivity index (χ1v) is 7.50. The molecule has 4 heteroatoms. The van der Waals surface area contributed by atoms with E-state index in [1.165, 1.54) is 0 Å². The van der Waals surface area contributed by atoms with Gasteiger partial charge in [-0.2, -0.15) is 0 Å². The predicted octanol–water partition coefficient (Wildman–Crippen LogP) is 6.09. The van der Waals surface area contributed by atoms with Crippen LogP contribution in [0.25, 0.3) is 22.3 Å². The van der Waals surface area contributed by atoms with Gasteiger partial charge in [-0.15, -0.1) is 0 Å². The van der Waals surface area contributed by atoms with Gasteiger partial charge in [-0.05, 0) is 46.9 Å². The molecule has 3 aromatic rings. The zero-order valence-electron chi connectivity index (χ0n) is 9.69. The van der Waals surface area contributed by atoms with Gasteiger partial charge in [-0.1, -0.05) is 42.0 Å². The van der Waals surface area contributed by atoms with E-state index in [2.05, 4.69) is 22.6 Å². The van der Waals surface area contributed by atoms with Crippen molar-refractivity contribution in [2.75, 3.05) is 0 Å². The van der Waals surface area contributed by atoms with E-state index in [1.54, 1.807) is 0 Å². The van der Waals surface area contributed by atoms with Gasteiger partial charge < -0.3 is 4.42 Å². The molecule has 0 fully saturated rings. The molecule has 0 amide bonds. The van der Waals surface area contributed by atoms with Crippen molar-refractivity contribution in [3.8, 4) is 11.3 Å². The Bertz CT molecular complexity index is 826. The Morgan fingerprint density at radius 3 is 2.63 bits per heavy atom. The molecule has 1 aromatic heterocycles. The minimum atomic E-state index is 0.663. The van der Waals surface area contributed by atoms with Crippen molar-refractivity contribution in [1.82, 2.24) is 0 Å². The maximum absolute atomic E-state index is 5.98. The van der Waals surface area contributed by atoms with Crippen molar-refractivity contribution in [3.05, 3.63) is 61.6 Å². The van der Waals surface area contributed by atoms with Gasteiger partial charge in [-0.3, -0.25) is 0 Å². The van der Waals surface area contributed by atoms with E-state index in [0.29, 0.717) is 5.02 Å². The molecule has 0 atom stereocenters. The largest absolute Gasteiger partial charge is 0.456 e. The summed E-state index contributed by atoms with van der Waals surface area (Å²) < 4.78 is 7.81. The Kier molecular flexibility index (Phi) is 3.60. The van der Waals surface area contributed by atoms with E-state index >= 15 is 0 Å². The molecule has 0 aliphatic rings. The Hall–Kier alpha value is -0.910. The summed E-state index contributed by atoms with van der Waals surface area (Å²) in [6.07, 6.45) is 0. The van der Waals surface area contributed by atoms with Crippen molar-refractivity contribution >= 4 is 57.4 Å². The van der Waals surface area contributed by atoms with Crippen LogP contribution in [0, 0.1) is 8.08 Å². The molecule has 0 N–H and O–H groups in total. The highest BCUT2D eigenvalue weighted by Crippen LogP contribution is 2.30. The predicted molar refractivity (Wildman–Crippen MR) is 90.2 cm³/mol. The molecule has 94 valence electrons. The van der Waals surface area contributed by atoms with Crippen molar-refractivity contribution in [3.63, 3.8) is 0 Å². The van der Waals surface area contributed by atoms with Crippen LogP contribution in [-0.4, -0.2) is 0 Å². The van der Waals surface area contributed by atoms with Crippen LogP contribution in [0.15, 0.2) is 52.9 Å². The molecule has 0 aliphatic carbocycles. The van der Waals surface area contributed by atoms with Crippen LogP contribution in [0.2, 0.25) is 5.02 Å².